The number of rotatable bonds is 2. The second kappa shape index (κ2) is 7.42. The molecule has 2 aromatic carbocycles. The van der Waals surface area contributed by atoms with Gasteiger partial charge in [0.1, 0.15) is 11.2 Å². The number of halogens is 3. The van der Waals surface area contributed by atoms with Crippen LogP contribution in [0.15, 0.2) is 48.5 Å². The number of ketones is 2. The van der Waals surface area contributed by atoms with Gasteiger partial charge < -0.3 is 14.8 Å². The lowest BCUT2D eigenvalue weighted by atomic mass is 9.72. The molecule has 2 atom stereocenters. The minimum absolute atomic E-state index is 0.130. The summed E-state index contributed by atoms with van der Waals surface area (Å²) in [5, 5.41) is 3.21. The smallest absolute Gasteiger partial charge is 0.377 e. The van der Waals surface area contributed by atoms with Gasteiger partial charge in [0.25, 0.3) is 0 Å². The average Bonchev–Trinajstić information content (AvgIpc) is 3.29. The summed E-state index contributed by atoms with van der Waals surface area (Å²) in [6.45, 7) is 0.894. The Kier molecular flexibility index (Phi) is 4.90. The van der Waals surface area contributed by atoms with Gasteiger partial charge in [-0.05, 0) is 36.2 Å². The number of ether oxygens (including phenoxy) is 2. The first-order valence-corrected chi connectivity index (χ1v) is 10.6. The number of carbonyl (C=O) groups is 2. The molecule has 1 saturated carbocycles. The van der Waals surface area contributed by atoms with Crippen LogP contribution in [0.5, 0.6) is 0 Å². The largest absolute Gasteiger partial charge is 0.416 e. The number of hydrogen-bond donors (Lipinski definition) is 1. The summed E-state index contributed by atoms with van der Waals surface area (Å²) in [7, 11) is 0. The fourth-order valence-corrected chi connectivity index (χ4v) is 5.23. The lowest BCUT2D eigenvalue weighted by Gasteiger charge is -2.34. The third-order valence-corrected chi connectivity index (χ3v) is 6.88. The minimum atomic E-state index is -4.44. The topological polar surface area (TPSA) is 64.6 Å². The van der Waals surface area contributed by atoms with Gasteiger partial charge in [-0.15, -0.1) is 0 Å². The molecule has 3 aliphatic rings. The van der Waals surface area contributed by atoms with E-state index in [-0.39, 0.29) is 24.4 Å². The van der Waals surface area contributed by atoms with Crippen molar-refractivity contribution < 1.29 is 32.2 Å². The van der Waals surface area contributed by atoms with Crippen LogP contribution in [-0.2, 0) is 20.4 Å². The van der Waals surface area contributed by atoms with Crippen molar-refractivity contribution in [2.75, 3.05) is 18.5 Å². The van der Waals surface area contributed by atoms with Crippen molar-refractivity contribution in [2.45, 2.75) is 43.7 Å². The monoisotopic (exact) mass is 445 g/mol. The lowest BCUT2D eigenvalue weighted by molar-refractivity contribution is -0.166. The SMILES string of the molecule is O=C1CCC2(CC[C@@]13C(=O)c1ccccc1[C@H]3Nc1ccc(C(F)(F)F)cc1)OCCO2. The quantitative estimate of drug-likeness (QED) is 0.665. The Morgan fingerprint density at radius 2 is 1.59 bits per heavy atom. The molecule has 0 aromatic heterocycles. The molecule has 2 spiro atoms. The number of Topliss-reactive ketones (excluding diaryl/α,β-unsaturated/α-hetero) is 2. The molecule has 0 unspecified atom stereocenters. The van der Waals surface area contributed by atoms with Crippen LogP contribution >= 0.6 is 0 Å². The highest BCUT2D eigenvalue weighted by Crippen LogP contribution is 2.54. The number of fused-ring (bicyclic) bond motifs is 1. The number of hydrogen-bond acceptors (Lipinski definition) is 5. The van der Waals surface area contributed by atoms with E-state index in [0.717, 1.165) is 12.1 Å². The number of carbonyl (C=O) groups excluding carboxylic acids is 2. The second-order valence-corrected chi connectivity index (χ2v) is 8.57. The zero-order chi connectivity index (χ0) is 22.6. The Labute approximate surface area is 182 Å². The molecule has 32 heavy (non-hydrogen) atoms. The molecule has 0 amide bonds. The third-order valence-electron chi connectivity index (χ3n) is 6.88. The number of nitrogens with one attached hydrogen (secondary N) is 1. The predicted octanol–water partition coefficient (Wildman–Crippen LogP) is 4.93. The van der Waals surface area contributed by atoms with Crippen LogP contribution in [0.2, 0.25) is 0 Å². The molecule has 1 saturated heterocycles. The first-order valence-electron chi connectivity index (χ1n) is 10.6. The van der Waals surface area contributed by atoms with Gasteiger partial charge in [0.2, 0.25) is 0 Å². The lowest BCUT2D eigenvalue weighted by Crippen LogP contribution is -2.42. The Hall–Kier alpha value is -2.71. The van der Waals surface area contributed by atoms with E-state index in [9.17, 15) is 22.8 Å². The highest BCUT2D eigenvalue weighted by molar-refractivity contribution is 6.19. The van der Waals surface area contributed by atoms with Crippen molar-refractivity contribution in [3.8, 4) is 0 Å². The van der Waals surface area contributed by atoms with Crippen molar-refractivity contribution in [1.29, 1.82) is 0 Å². The summed E-state index contributed by atoms with van der Waals surface area (Å²) in [6, 6.07) is 11.0. The maximum absolute atomic E-state index is 13.6. The summed E-state index contributed by atoms with van der Waals surface area (Å²) in [5.74, 6) is -1.30. The Balaban J connectivity index is 1.54. The molecule has 5 nitrogen and oxygen atoms in total. The Morgan fingerprint density at radius 1 is 0.906 bits per heavy atom. The van der Waals surface area contributed by atoms with E-state index in [1.807, 2.05) is 0 Å². The van der Waals surface area contributed by atoms with Crippen molar-refractivity contribution in [3.05, 3.63) is 65.2 Å². The molecule has 1 heterocycles. The van der Waals surface area contributed by atoms with Crippen molar-refractivity contribution in [3.63, 3.8) is 0 Å². The molecule has 0 radical (unpaired) electrons. The first kappa shape index (κ1) is 21.2. The fraction of sp³-hybridized carbons (Fsp3) is 0.417. The molecule has 2 fully saturated rings. The zero-order valence-electron chi connectivity index (χ0n) is 17.2. The summed E-state index contributed by atoms with van der Waals surface area (Å²) < 4.78 is 50.5. The maximum Gasteiger partial charge on any atom is 0.416 e. The summed E-state index contributed by atoms with van der Waals surface area (Å²) >= 11 is 0. The van der Waals surface area contributed by atoms with Crippen LogP contribution in [0.1, 0.15) is 53.2 Å². The normalized spacial score (nSPS) is 27.0. The van der Waals surface area contributed by atoms with Gasteiger partial charge in [0.15, 0.2) is 11.6 Å². The summed E-state index contributed by atoms with van der Waals surface area (Å²) in [4.78, 5) is 27.2. The molecule has 8 heteroatoms. The highest BCUT2D eigenvalue weighted by atomic mass is 19.4. The Bertz CT molecular complexity index is 1060. The second-order valence-electron chi connectivity index (χ2n) is 8.57. The third kappa shape index (κ3) is 3.24. The van der Waals surface area contributed by atoms with Crippen LogP contribution < -0.4 is 5.32 Å². The Morgan fingerprint density at radius 3 is 2.28 bits per heavy atom. The van der Waals surface area contributed by atoms with E-state index in [1.54, 1.807) is 24.3 Å². The van der Waals surface area contributed by atoms with Crippen LogP contribution in [0.4, 0.5) is 18.9 Å². The van der Waals surface area contributed by atoms with Crippen LogP contribution in [-0.4, -0.2) is 30.6 Å². The van der Waals surface area contributed by atoms with E-state index in [4.69, 9.17) is 9.47 Å². The molecular weight excluding hydrogens is 423 g/mol. The zero-order valence-corrected chi connectivity index (χ0v) is 17.2. The predicted molar refractivity (Wildman–Crippen MR) is 109 cm³/mol. The van der Waals surface area contributed by atoms with E-state index < -0.39 is 29.0 Å². The van der Waals surface area contributed by atoms with Gasteiger partial charge in [-0.1, -0.05) is 24.3 Å². The molecule has 2 aliphatic carbocycles. The van der Waals surface area contributed by atoms with E-state index in [0.29, 0.717) is 42.9 Å². The summed E-state index contributed by atoms with van der Waals surface area (Å²) in [6.07, 6.45) is -3.31. The van der Waals surface area contributed by atoms with Crippen LogP contribution in [0, 0.1) is 5.41 Å². The molecule has 1 N–H and O–H groups in total. The minimum Gasteiger partial charge on any atom is -0.377 e. The van der Waals surface area contributed by atoms with Gasteiger partial charge in [0.05, 0.1) is 24.8 Å². The molecular formula is C24H22F3NO4. The maximum atomic E-state index is 13.6. The number of alkyl halides is 3. The molecule has 168 valence electrons. The van der Waals surface area contributed by atoms with Crippen LogP contribution in [0.25, 0.3) is 0 Å². The van der Waals surface area contributed by atoms with E-state index in [1.165, 1.54) is 12.1 Å². The fourth-order valence-electron chi connectivity index (χ4n) is 5.23. The van der Waals surface area contributed by atoms with Crippen LogP contribution in [0.3, 0.4) is 0 Å². The number of anilines is 1. The molecule has 1 aliphatic heterocycles. The van der Waals surface area contributed by atoms with Gasteiger partial charge >= 0.3 is 6.18 Å². The van der Waals surface area contributed by atoms with Crippen molar-refractivity contribution in [2.24, 2.45) is 5.41 Å². The van der Waals surface area contributed by atoms with Gasteiger partial charge in [-0.2, -0.15) is 13.2 Å². The standard InChI is InChI=1S/C24H22F3NO4/c25-24(26,27)15-5-7-16(8-6-15)28-20-17-3-1-2-4-18(17)21(30)23(20)12-11-22(10-9-19(23)29)31-13-14-32-22/h1-8,20,28H,9-14H2/t20-,23-/m1/s1. The van der Waals surface area contributed by atoms with Crippen molar-refractivity contribution >= 4 is 17.3 Å². The van der Waals surface area contributed by atoms with Gasteiger partial charge in [0, 0.05) is 30.5 Å². The van der Waals surface area contributed by atoms with Gasteiger partial charge in [-0.25, -0.2) is 0 Å². The van der Waals surface area contributed by atoms with E-state index >= 15 is 0 Å². The highest BCUT2D eigenvalue weighted by Gasteiger charge is 2.60. The van der Waals surface area contributed by atoms with Gasteiger partial charge in [-0.3, -0.25) is 9.59 Å². The first-order chi connectivity index (χ1) is 15.3. The molecule has 2 aromatic rings. The van der Waals surface area contributed by atoms with E-state index in [2.05, 4.69) is 5.32 Å². The van der Waals surface area contributed by atoms with Crippen molar-refractivity contribution in [1.82, 2.24) is 0 Å². The number of benzene rings is 2. The molecule has 0 bridgehead atoms. The molecule has 5 rings (SSSR count). The average molecular weight is 445 g/mol. The summed E-state index contributed by atoms with van der Waals surface area (Å²) in [5.41, 5.74) is -0.564.